The minimum atomic E-state index is -1.70. The number of esters is 1. The fraction of sp³-hybridized carbons (Fsp3) is 0.288. The lowest BCUT2D eigenvalue weighted by Crippen LogP contribution is -2.48. The van der Waals surface area contributed by atoms with Crippen molar-refractivity contribution < 1.29 is 99.5 Å². The Morgan fingerprint density at radius 2 is 0.600 bits per heavy atom. The zero-order valence-corrected chi connectivity index (χ0v) is 88.7. The summed E-state index contributed by atoms with van der Waals surface area (Å²) in [6.45, 7) is 1.25. The van der Waals surface area contributed by atoms with Crippen LogP contribution in [0.1, 0.15) is 167 Å². The number of carbonyl (C=O) groups excluding carboxylic acids is 5. The highest BCUT2D eigenvalue weighted by Gasteiger charge is 2.63. The molecular formula is C104H84Br4Cl8F4N8O17. The Kier molecular flexibility index (Phi) is 32.6. The molecule has 0 bridgehead atoms. The lowest BCUT2D eigenvalue weighted by atomic mass is 9.92. The van der Waals surface area contributed by atoms with Gasteiger partial charge in [-0.2, -0.15) is 0 Å². The lowest BCUT2D eigenvalue weighted by Gasteiger charge is -2.40. The van der Waals surface area contributed by atoms with Gasteiger partial charge in [0.15, 0.2) is 22.9 Å². The van der Waals surface area contributed by atoms with Gasteiger partial charge in [-0.25, -0.2) is 27.2 Å². The van der Waals surface area contributed by atoms with Crippen LogP contribution in [0.15, 0.2) is 237 Å². The highest BCUT2D eigenvalue weighted by molar-refractivity contribution is 9.11. The van der Waals surface area contributed by atoms with E-state index >= 15 is 17.6 Å². The number of aliphatic carboxylic acids is 1. The molecule has 3 N–H and O–H groups in total. The number of benzene rings is 8. The molecule has 8 aromatic carbocycles. The first-order chi connectivity index (χ1) is 69.3. The Balaban J connectivity index is 0.000000133. The monoisotopic (exact) mass is 2390 g/mol. The summed E-state index contributed by atoms with van der Waals surface area (Å²) in [4.78, 5) is 102. The molecule has 4 aromatic heterocycles. The maximum atomic E-state index is 15.9. The Morgan fingerprint density at radius 1 is 0.352 bits per heavy atom. The third-order valence-electron chi connectivity index (χ3n) is 25.6. The maximum absolute atomic E-state index is 15.9. The van der Waals surface area contributed by atoms with Crippen LogP contribution in [0.25, 0.3) is 0 Å². The number of carboxylic acids is 1. The van der Waals surface area contributed by atoms with Crippen LogP contribution in [-0.2, 0) is 96.6 Å². The predicted molar refractivity (Wildman–Crippen MR) is 545 cm³/mol. The fourth-order valence-corrected chi connectivity index (χ4v) is 20.5. The SMILES string of the molecule is CCOC(=O)COC1(COC2(c3ccc(Cl)cc3)c3c(F)cc(Br)cc3C(=O)N2Cc2ccc(Cl)cn2)CC1.O=C(O)COC1(COC2(c3ccc(Cl)cc3)c3c(F)cc(Br)cc3C(=O)N2Cc2ccc(Cl)cn2)CC1.O=C1c2cc(Br)cc(F)c2C(OCC2(O)CC2)(c2ccc(Cl)cc2)N1Cc1ccc(Cl)cn1.O=C1c2cc(Br)cc(F)c2C(OCC2(OCCO)CC2)(c2ccc(Cl)cc2)N1Cc1ccc(Cl)cn1. The third-order valence-corrected chi connectivity index (χ3v) is 29.3. The zero-order valence-electron chi connectivity index (χ0n) is 76.3. The maximum Gasteiger partial charge on any atom is 0.332 e. The third kappa shape index (κ3) is 22.8. The number of pyridine rings is 4. The van der Waals surface area contributed by atoms with E-state index < -0.39 is 111 Å². The van der Waals surface area contributed by atoms with Crippen LogP contribution in [0.5, 0.6) is 0 Å². The Hall–Kier alpha value is -9.22. The molecule has 12 aromatic rings. The molecule has 8 heterocycles. The summed E-state index contributed by atoms with van der Waals surface area (Å²) in [5.41, 5.74) is -4.70. The summed E-state index contributed by atoms with van der Waals surface area (Å²) >= 11 is 61.9. The molecule has 4 fully saturated rings. The van der Waals surface area contributed by atoms with Gasteiger partial charge in [0.1, 0.15) is 36.5 Å². The van der Waals surface area contributed by atoms with Gasteiger partial charge in [0.2, 0.25) is 0 Å². The van der Waals surface area contributed by atoms with E-state index in [1.165, 1.54) is 68.7 Å². The number of ether oxygens (including phenoxy) is 8. The molecule has 25 nitrogen and oxygen atoms in total. The van der Waals surface area contributed by atoms with E-state index in [0.29, 0.717) is 142 Å². The molecule has 754 valence electrons. The number of rotatable bonds is 34. The van der Waals surface area contributed by atoms with Crippen LogP contribution in [0.3, 0.4) is 0 Å². The van der Waals surface area contributed by atoms with E-state index in [9.17, 15) is 39.0 Å². The summed E-state index contributed by atoms with van der Waals surface area (Å²) in [5.74, 6) is -5.75. The van der Waals surface area contributed by atoms with E-state index in [1.807, 2.05) is 0 Å². The summed E-state index contributed by atoms with van der Waals surface area (Å²) in [6, 6.07) is 51.8. The lowest BCUT2D eigenvalue weighted by molar-refractivity contribution is -0.165. The molecule has 4 amide bonds. The van der Waals surface area contributed by atoms with Crippen LogP contribution < -0.4 is 0 Å². The van der Waals surface area contributed by atoms with Crippen LogP contribution >= 0.6 is 157 Å². The van der Waals surface area contributed by atoms with Crippen molar-refractivity contribution in [1.82, 2.24) is 39.5 Å². The molecule has 145 heavy (non-hydrogen) atoms. The first kappa shape index (κ1) is 107. The van der Waals surface area contributed by atoms with E-state index in [1.54, 1.807) is 177 Å². The second-order valence-electron chi connectivity index (χ2n) is 35.6. The predicted octanol–water partition coefficient (Wildman–Crippen LogP) is 23.5. The molecule has 4 aliphatic carbocycles. The Bertz CT molecular complexity index is 6930. The number of nitrogens with zero attached hydrogens (tertiary/aromatic N) is 8. The van der Waals surface area contributed by atoms with E-state index in [2.05, 4.69) is 83.7 Å². The summed E-state index contributed by atoms with van der Waals surface area (Å²) < 4.78 is 113. The van der Waals surface area contributed by atoms with E-state index in [-0.39, 0.29) is 124 Å². The smallest absolute Gasteiger partial charge is 0.332 e. The number of carboxylic acid groups (broad SMARTS) is 1. The van der Waals surface area contributed by atoms with Gasteiger partial charge in [-0.15, -0.1) is 0 Å². The average molecular weight is 2400 g/mol. The highest BCUT2D eigenvalue weighted by Crippen LogP contribution is 2.57. The van der Waals surface area contributed by atoms with Crippen LogP contribution in [0.4, 0.5) is 17.6 Å². The number of fused-ring (bicyclic) bond motifs is 4. The topological polar surface area (TPSA) is 301 Å². The first-order valence-electron chi connectivity index (χ1n) is 45.2. The van der Waals surface area contributed by atoms with Crippen molar-refractivity contribution in [2.45, 2.75) is 130 Å². The zero-order chi connectivity index (χ0) is 103. The van der Waals surface area contributed by atoms with Crippen LogP contribution in [0.2, 0.25) is 40.2 Å². The van der Waals surface area contributed by atoms with Crippen LogP contribution in [-0.4, -0.2) is 172 Å². The van der Waals surface area contributed by atoms with Crippen molar-refractivity contribution in [1.29, 1.82) is 0 Å². The number of hydrogen-bond acceptors (Lipinski definition) is 20. The number of aromatic nitrogens is 4. The standard InChI is InChI=1S/C28H24BrCl2FN2O5.C26H20BrCl2FN2O5.C26H22BrCl2FN2O4.C24H18BrCl2FN2O3/c1-2-37-24(35)15-38-27(9-10-27)16-39-28(17-3-5-19(30)6-4-17)25-22(11-18(29)12-23(25)32)26(36)34(28)14-21-8-7-20(31)13-33-21;27-16-9-20-23(21(30)10-16)26(15-1-3-17(28)4-2-15,37-14-25(7-8-25)36-13-22(33)34)32(24(20)35)12-19-6-5-18(29)11-31-19;27-17-11-21-23(22(30)12-17)26(16-1-3-18(28)4-2-16,36-15-25(7-8-25)35-10-9-33)32(24(21)34)14-20-6-5-19(29)13-31-20;25-15-9-19-21(20(28)10-15)24(33-13-23(32)7-8-23,14-1-3-16(26)4-2-14)30(22(19)31)12-18-6-5-17(27)11-29-18/h3-8,11-13H,2,9-10,14-16H2,1H3;1-6,9-11H,7-8,12-14H2,(H,33,34);1-6,11-13,33H,7-10,14-15H2;1-6,9-11,32H,7-8,12-13H2. The Labute approximate surface area is 902 Å². The molecule has 41 heteroatoms. The van der Waals surface area contributed by atoms with Crippen molar-refractivity contribution in [3.8, 4) is 0 Å². The largest absolute Gasteiger partial charge is 0.480 e. The quantitative estimate of drug-likeness (QED) is 0.0249. The van der Waals surface area contributed by atoms with Gasteiger partial charge in [-0.1, -0.05) is 205 Å². The van der Waals surface area contributed by atoms with Gasteiger partial charge in [-0.05, 0) is 204 Å². The van der Waals surface area contributed by atoms with Gasteiger partial charge in [-0.3, -0.25) is 58.7 Å². The average Bonchev–Trinajstić information content (AvgIpc) is 1.57. The molecule has 4 atom stereocenters. The molecule has 20 rings (SSSR count). The van der Waals surface area contributed by atoms with Crippen molar-refractivity contribution in [2.24, 2.45) is 0 Å². The van der Waals surface area contributed by atoms with Gasteiger partial charge in [0.25, 0.3) is 23.6 Å². The molecule has 8 aliphatic rings. The number of carbonyl (C=O) groups is 6. The van der Waals surface area contributed by atoms with Crippen molar-refractivity contribution >= 4 is 192 Å². The van der Waals surface area contributed by atoms with E-state index in [0.717, 1.165) is 12.8 Å². The van der Waals surface area contributed by atoms with Crippen molar-refractivity contribution in [3.05, 3.63) is 390 Å². The number of halogens is 16. The normalized spacial score (nSPS) is 19.9. The van der Waals surface area contributed by atoms with Crippen LogP contribution in [0, 0.1) is 23.3 Å². The van der Waals surface area contributed by atoms with Crippen molar-refractivity contribution in [2.75, 3.05) is 59.5 Å². The highest BCUT2D eigenvalue weighted by atomic mass is 79.9. The minimum Gasteiger partial charge on any atom is -0.480 e. The molecular weight excluding hydrogens is 2310 g/mol. The second-order valence-corrected chi connectivity index (χ2v) is 42.7. The number of amides is 4. The second kappa shape index (κ2) is 44.1. The molecule has 0 radical (unpaired) electrons. The molecule has 4 aliphatic heterocycles. The summed E-state index contributed by atoms with van der Waals surface area (Å²) in [5, 5.41) is 32.6. The number of hydrogen-bond donors (Lipinski definition) is 3. The number of aliphatic hydroxyl groups excluding tert-OH is 1. The van der Waals surface area contributed by atoms with Gasteiger partial charge < -0.3 is 53.2 Å². The summed E-state index contributed by atoms with van der Waals surface area (Å²) in [7, 11) is 0. The van der Waals surface area contributed by atoms with Gasteiger partial charge >= 0.3 is 11.9 Å². The van der Waals surface area contributed by atoms with Crippen molar-refractivity contribution in [3.63, 3.8) is 0 Å². The number of aliphatic hydroxyl groups is 2. The molecule has 0 spiro atoms. The first-order valence-corrected chi connectivity index (χ1v) is 51.4. The Morgan fingerprint density at radius 3 is 0.828 bits per heavy atom. The molecule has 4 saturated carbocycles. The minimum absolute atomic E-state index is 0.00104. The summed E-state index contributed by atoms with van der Waals surface area (Å²) in [6.07, 6.45) is 10.9. The molecule has 0 saturated heterocycles. The van der Waals surface area contributed by atoms with Gasteiger partial charge in [0.05, 0.1) is 182 Å². The molecule has 4 unspecified atom stereocenters. The fourth-order valence-electron chi connectivity index (χ4n) is 17.8. The van der Waals surface area contributed by atoms with Gasteiger partial charge in [0, 0.05) is 85.0 Å². The van der Waals surface area contributed by atoms with E-state index in [4.69, 9.17) is 136 Å².